The van der Waals surface area contributed by atoms with Gasteiger partial charge in [-0.1, -0.05) is 91.0 Å². The first kappa shape index (κ1) is 96.7. The molecule has 7 heterocycles. The van der Waals surface area contributed by atoms with Gasteiger partial charge in [-0.25, -0.2) is 9.59 Å². The average molecular weight is 1880 g/mol. The number of rotatable bonds is 25. The highest BCUT2D eigenvalue weighted by molar-refractivity contribution is 6.11. The number of hydrogen-bond donors (Lipinski definition) is 7. The maximum Gasteiger partial charge on any atom is 0.337 e. The van der Waals surface area contributed by atoms with Gasteiger partial charge in [0.2, 0.25) is 0 Å². The van der Waals surface area contributed by atoms with Crippen molar-refractivity contribution in [3.05, 3.63) is 339 Å². The molecule has 0 unspecified atom stereocenters. The summed E-state index contributed by atoms with van der Waals surface area (Å²) in [7, 11) is 3.11. The molecule has 26 nitrogen and oxygen atoms in total. The highest BCUT2D eigenvalue weighted by atomic mass is 16.5. The number of carbonyl (C=O) groups is 9. The number of ether oxygens (including phenoxy) is 2. The van der Waals surface area contributed by atoms with Crippen molar-refractivity contribution in [2.45, 2.75) is 140 Å². The summed E-state index contributed by atoms with van der Waals surface area (Å²) in [5.41, 5.74) is 19.3. The molecular formula is C114H120N14O12. The van der Waals surface area contributed by atoms with Crippen molar-refractivity contribution >= 4 is 87.4 Å². The lowest BCUT2D eigenvalue weighted by molar-refractivity contribution is 0.0361. The number of esters is 1. The van der Waals surface area contributed by atoms with Crippen molar-refractivity contribution in [3.63, 3.8) is 0 Å². The van der Waals surface area contributed by atoms with E-state index in [0.717, 1.165) is 197 Å². The van der Waals surface area contributed by atoms with E-state index in [1.54, 1.807) is 115 Å². The second-order valence-electron chi connectivity index (χ2n) is 36.9. The Morgan fingerprint density at radius 2 is 0.700 bits per heavy atom. The molecule has 4 saturated heterocycles. The lowest BCUT2D eigenvalue weighted by Gasteiger charge is -2.29. The molecule has 12 aromatic rings. The molecule has 0 saturated carbocycles. The van der Waals surface area contributed by atoms with Gasteiger partial charge in [-0.3, -0.25) is 53.4 Å². The van der Waals surface area contributed by atoms with Crippen LogP contribution in [-0.4, -0.2) is 176 Å². The molecule has 0 spiro atoms. The highest BCUT2D eigenvalue weighted by Crippen LogP contribution is 2.40. The number of carboxylic acids is 1. The normalized spacial score (nSPS) is 16.6. The van der Waals surface area contributed by atoms with Crippen LogP contribution in [0.25, 0.3) is 33.8 Å². The second kappa shape index (κ2) is 46.4. The van der Waals surface area contributed by atoms with Gasteiger partial charge in [0.15, 0.2) is 0 Å². The number of aryl methyl sites for hydroxylation is 3. The van der Waals surface area contributed by atoms with Crippen LogP contribution in [-0.2, 0) is 28.7 Å². The molecule has 7 amide bonds. The van der Waals surface area contributed by atoms with E-state index in [1.807, 2.05) is 84.9 Å². The Kier molecular flexibility index (Phi) is 32.0. The number of amides is 7. The third-order valence-corrected chi connectivity index (χ3v) is 27.5. The zero-order valence-corrected chi connectivity index (χ0v) is 79.4. The Labute approximate surface area is 817 Å². The molecule has 718 valence electrons. The van der Waals surface area contributed by atoms with E-state index in [0.29, 0.717) is 90.8 Å². The van der Waals surface area contributed by atoms with E-state index < -0.39 is 17.8 Å². The fourth-order valence-corrected chi connectivity index (χ4v) is 20.0. The number of carboxylic acid groups (broad SMARTS) is 1. The van der Waals surface area contributed by atoms with E-state index >= 15 is 0 Å². The molecule has 4 aliphatic heterocycles. The number of methoxy groups -OCH3 is 1. The Morgan fingerprint density at radius 1 is 0.364 bits per heavy atom. The zero-order valence-electron chi connectivity index (χ0n) is 79.4. The summed E-state index contributed by atoms with van der Waals surface area (Å²) < 4.78 is 10.3. The van der Waals surface area contributed by atoms with Crippen molar-refractivity contribution in [3.8, 4) is 33.8 Å². The second-order valence-corrected chi connectivity index (χ2v) is 36.9. The number of benzene rings is 9. The lowest BCUT2D eigenvalue weighted by Crippen LogP contribution is -2.38. The number of carbonyl (C=O) groups excluding carboxylic acids is 8. The highest BCUT2D eigenvalue weighted by Gasteiger charge is 2.30. The van der Waals surface area contributed by atoms with Crippen molar-refractivity contribution in [2.75, 3.05) is 123 Å². The molecule has 26 heteroatoms. The van der Waals surface area contributed by atoms with Crippen LogP contribution in [0.3, 0.4) is 0 Å². The number of nitrogens with one attached hydrogen (secondary N) is 6. The van der Waals surface area contributed by atoms with Crippen molar-refractivity contribution in [1.29, 1.82) is 0 Å². The Balaban J connectivity index is 0.000000146. The summed E-state index contributed by atoms with van der Waals surface area (Å²) in [6.07, 6.45) is 25.0. The first-order chi connectivity index (χ1) is 68.4. The van der Waals surface area contributed by atoms with Gasteiger partial charge in [-0.15, -0.1) is 0 Å². The minimum Gasteiger partial charge on any atom is -0.478 e. The van der Waals surface area contributed by atoms with Gasteiger partial charge in [0, 0.05) is 164 Å². The summed E-state index contributed by atoms with van der Waals surface area (Å²) in [4.78, 5) is 143. The minimum atomic E-state index is -1.10. The smallest absolute Gasteiger partial charge is 0.337 e. The van der Waals surface area contributed by atoms with Gasteiger partial charge >= 0.3 is 11.9 Å². The standard InChI is InChI=1S/C43H50N6O4.C36H36N4O4.C35H34N4O4/c1-47(20-9-21-48-24-26-53-27-25-48)43(52)34-13-7-12-32(28-34)41(50)46-39-17-16-35(49-22-5-2-6-23-49)30-37(39)40-29-33(18-19-44-40)42(51)45-38-15-8-11-31-10-3-4-14-36(31)38;1-44-36(43)27-12-7-11-25(21-27)34(41)39-32-16-15-28(40-19-5-2-6-20-40)23-30(32)33-22-26(17-18-37-33)35(42)38-31-14-8-10-24-9-3-4-13-29(24)31;40-33(24-10-6-11-26(20-24)35(42)43)38-31-15-14-27(39-18-4-1-5-19-39)22-29(31)32-21-25(16-17-36-32)34(41)37-30-13-7-9-23-8-2-3-12-28(23)30/h3-4,7,10,12-14,16-19,28-30,38H,2,5-6,8-9,11,15,20-27H2,1H3,(H,45,51)(H,46,50);3-4,7,9,11-13,15-18,21-23,31H,2,5-6,8,10,14,19-20H2,1H3,(H,38,42)(H,39,41);2-3,6,8,10-12,14-17,20-22,30H,1,4-5,7,9,13,18-19H2,(H,37,41)(H,38,40)(H,42,43)/t38-;31-;30-/m000/s1. The fraction of sp³-hybridized carbons (Fsp3) is 0.316. The van der Waals surface area contributed by atoms with Gasteiger partial charge in [0.25, 0.3) is 41.4 Å². The number of aromatic nitrogens is 3. The molecule has 140 heavy (non-hydrogen) atoms. The number of piperidine rings is 3. The van der Waals surface area contributed by atoms with E-state index in [9.17, 15) is 48.3 Å². The SMILES string of the molecule is CN(CCCN1CCOCC1)C(=O)c1cccc(C(=O)Nc2ccc(N3CCCCC3)cc2-c2cc(C(=O)N[C@H]3CCCc4ccccc43)ccn2)c1.COC(=O)c1cccc(C(=O)Nc2ccc(N3CCCCC3)cc2-c2cc(C(=O)N[C@H]3CCCc4ccccc43)ccn2)c1.O=C(O)c1cccc(C(=O)Nc2ccc(N3CCCCC3)cc2-c2cc(C(=O)N[C@H]3CCCc4ccccc43)ccn2)c1. The van der Waals surface area contributed by atoms with Crippen molar-refractivity contribution < 1.29 is 57.7 Å². The van der Waals surface area contributed by atoms with E-state index in [1.165, 1.54) is 78.0 Å². The van der Waals surface area contributed by atoms with Gasteiger partial charge in [0.1, 0.15) is 0 Å². The van der Waals surface area contributed by atoms with Crippen LogP contribution in [0, 0.1) is 0 Å². The van der Waals surface area contributed by atoms with Crippen LogP contribution >= 0.6 is 0 Å². The van der Waals surface area contributed by atoms with Gasteiger partial charge in [-0.05, 0) is 301 Å². The molecule has 7 aliphatic rings. The van der Waals surface area contributed by atoms with E-state index in [-0.39, 0.29) is 64.7 Å². The number of anilines is 6. The van der Waals surface area contributed by atoms with Crippen LogP contribution in [0.5, 0.6) is 0 Å². The van der Waals surface area contributed by atoms with Gasteiger partial charge < -0.3 is 66.1 Å². The van der Waals surface area contributed by atoms with Crippen molar-refractivity contribution in [1.82, 2.24) is 40.7 Å². The predicted molar refractivity (Wildman–Crippen MR) is 546 cm³/mol. The summed E-state index contributed by atoms with van der Waals surface area (Å²) in [5, 5.41) is 28.2. The fourth-order valence-electron chi connectivity index (χ4n) is 20.0. The average Bonchev–Trinajstić information content (AvgIpc) is 0.805. The summed E-state index contributed by atoms with van der Waals surface area (Å²) in [6, 6.07) is 72.3. The van der Waals surface area contributed by atoms with Gasteiger partial charge in [0.05, 0.1) is 83.7 Å². The van der Waals surface area contributed by atoms with Crippen LogP contribution < -0.4 is 46.6 Å². The monoisotopic (exact) mass is 1880 g/mol. The number of aromatic carboxylic acids is 1. The molecule has 0 bridgehead atoms. The first-order valence-electron chi connectivity index (χ1n) is 49.2. The summed E-state index contributed by atoms with van der Waals surface area (Å²) >= 11 is 0. The molecule has 7 N–H and O–H groups in total. The molecule has 4 fully saturated rings. The number of nitrogens with zero attached hydrogens (tertiary/aromatic N) is 8. The van der Waals surface area contributed by atoms with E-state index in [2.05, 4.69) is 110 Å². The molecular weight excluding hydrogens is 1760 g/mol. The van der Waals surface area contributed by atoms with Crippen LogP contribution in [0.4, 0.5) is 34.1 Å². The number of fused-ring (bicyclic) bond motifs is 3. The third-order valence-electron chi connectivity index (χ3n) is 27.5. The minimum absolute atomic E-state index is 0.0364. The Morgan fingerprint density at radius 3 is 1.07 bits per heavy atom. The maximum atomic E-state index is 13.8. The first-order valence-corrected chi connectivity index (χ1v) is 49.2. The zero-order chi connectivity index (χ0) is 96.8. The molecule has 3 aliphatic carbocycles. The maximum absolute atomic E-state index is 13.8. The topological polar surface area (TPSA) is 319 Å². The summed E-state index contributed by atoms with van der Waals surface area (Å²) in [5.74, 6) is -3.34. The number of hydrogen-bond acceptors (Lipinski definition) is 18. The third kappa shape index (κ3) is 24.2. The molecule has 9 aromatic carbocycles. The lowest BCUT2D eigenvalue weighted by atomic mass is 9.87. The van der Waals surface area contributed by atoms with Crippen molar-refractivity contribution in [2.24, 2.45) is 0 Å². The molecule has 3 atom stereocenters. The number of pyridine rings is 3. The Hall–Kier alpha value is -15.0. The molecule has 19 rings (SSSR count). The van der Waals surface area contributed by atoms with Crippen LogP contribution in [0.2, 0.25) is 0 Å². The van der Waals surface area contributed by atoms with Crippen LogP contribution in [0.1, 0.15) is 247 Å². The Bertz CT molecular complexity index is 6520. The summed E-state index contributed by atoms with van der Waals surface area (Å²) in [6.45, 7) is 10.6. The molecule has 0 radical (unpaired) electrons. The quantitative estimate of drug-likeness (QED) is 0.0261. The number of morpholine rings is 1. The van der Waals surface area contributed by atoms with Gasteiger partial charge in [-0.2, -0.15) is 0 Å². The molecule has 3 aromatic heterocycles. The van der Waals surface area contributed by atoms with Crippen LogP contribution in [0.15, 0.2) is 255 Å². The predicted octanol–water partition coefficient (Wildman–Crippen LogP) is 19.7. The largest absolute Gasteiger partial charge is 0.478 e. The van der Waals surface area contributed by atoms with E-state index in [4.69, 9.17) is 14.5 Å².